The molecule has 0 amide bonds. The molecule has 0 bridgehead atoms. The van der Waals surface area contributed by atoms with Crippen LogP contribution in [0.2, 0.25) is 0 Å². The molecular formula is C35H28FN3O5S. The maximum atomic E-state index is 14.2. The average Bonchev–Trinajstić information content (AvgIpc) is 3.50. The number of hydrogen-bond acceptors (Lipinski definition) is 6. The maximum absolute atomic E-state index is 14.2. The number of benzene rings is 3. The van der Waals surface area contributed by atoms with Gasteiger partial charge in [-0.3, -0.25) is 9.36 Å². The summed E-state index contributed by atoms with van der Waals surface area (Å²) in [6.45, 7) is 5.69. The van der Waals surface area contributed by atoms with Crippen LogP contribution in [0, 0.1) is 19.7 Å². The summed E-state index contributed by atoms with van der Waals surface area (Å²) in [5.74, 6) is -2.05. The van der Waals surface area contributed by atoms with Gasteiger partial charge in [0, 0.05) is 22.6 Å². The first-order valence-corrected chi connectivity index (χ1v) is 15.1. The molecule has 0 unspecified atom stereocenters. The smallest absolute Gasteiger partial charge is 0.338 e. The Kier molecular flexibility index (Phi) is 7.90. The van der Waals surface area contributed by atoms with Gasteiger partial charge in [-0.25, -0.2) is 19.0 Å². The van der Waals surface area contributed by atoms with Gasteiger partial charge in [0.15, 0.2) is 4.80 Å². The molecule has 226 valence electrons. The van der Waals surface area contributed by atoms with Crippen molar-refractivity contribution in [1.82, 2.24) is 9.13 Å². The highest BCUT2D eigenvalue weighted by molar-refractivity contribution is 7.07. The van der Waals surface area contributed by atoms with E-state index < -0.39 is 23.8 Å². The third kappa shape index (κ3) is 5.44. The summed E-state index contributed by atoms with van der Waals surface area (Å²) in [6.07, 6.45) is 1.80. The zero-order chi connectivity index (χ0) is 31.8. The van der Waals surface area contributed by atoms with Crippen molar-refractivity contribution in [1.29, 1.82) is 0 Å². The van der Waals surface area contributed by atoms with Gasteiger partial charge in [-0.05, 0) is 80.4 Å². The fraction of sp³-hybridized carbons (Fsp3) is 0.143. The van der Waals surface area contributed by atoms with E-state index in [1.54, 1.807) is 49.4 Å². The molecule has 1 N–H and O–H groups in total. The number of esters is 1. The van der Waals surface area contributed by atoms with E-state index in [0.717, 1.165) is 22.6 Å². The van der Waals surface area contributed by atoms with Crippen molar-refractivity contribution >= 4 is 35.0 Å². The Hall–Kier alpha value is -5.35. The van der Waals surface area contributed by atoms with E-state index in [1.807, 2.05) is 54.8 Å². The van der Waals surface area contributed by atoms with Gasteiger partial charge >= 0.3 is 11.9 Å². The topological polar surface area (TPSA) is 103 Å². The Labute approximate surface area is 261 Å². The maximum Gasteiger partial charge on any atom is 0.338 e. The summed E-state index contributed by atoms with van der Waals surface area (Å²) in [5.41, 5.74) is 4.98. The lowest BCUT2D eigenvalue weighted by molar-refractivity contribution is -0.138. The van der Waals surface area contributed by atoms with Gasteiger partial charge in [0.25, 0.3) is 5.56 Å². The molecule has 5 aromatic rings. The number of carbonyl (C=O) groups is 2. The normalized spacial score (nSPS) is 14.7. The van der Waals surface area contributed by atoms with Crippen LogP contribution in [-0.2, 0) is 9.53 Å². The van der Waals surface area contributed by atoms with Crippen LogP contribution in [-0.4, -0.2) is 32.8 Å². The summed E-state index contributed by atoms with van der Waals surface area (Å²) < 4.78 is 23.4. The number of fused-ring (bicyclic) bond motifs is 1. The van der Waals surface area contributed by atoms with Crippen LogP contribution in [0.25, 0.3) is 17.5 Å². The number of thiazole rings is 1. The minimum Gasteiger partial charge on any atom is -0.478 e. The van der Waals surface area contributed by atoms with E-state index in [9.17, 15) is 23.9 Å². The molecule has 0 saturated carbocycles. The van der Waals surface area contributed by atoms with E-state index in [2.05, 4.69) is 0 Å². The second-order valence-electron chi connectivity index (χ2n) is 10.5. The fourth-order valence-corrected chi connectivity index (χ4v) is 6.62. The number of aryl methyl sites for hydroxylation is 1. The SMILES string of the molecule is CCOC(=O)C1=C(c2ccccc2)N=c2s/c(=C/c3cc(C)n(-c4ccc(C(=O)O)cc4)c3C)c(=O)n2[C@@H]1c1ccc(F)cc1. The number of halogens is 1. The number of hydrogen-bond donors (Lipinski definition) is 1. The Balaban J connectivity index is 1.56. The molecule has 10 heteroatoms. The van der Waals surface area contributed by atoms with Crippen LogP contribution < -0.4 is 14.9 Å². The molecule has 1 aliphatic heterocycles. The molecule has 8 nitrogen and oxygen atoms in total. The number of rotatable bonds is 7. The first-order valence-electron chi connectivity index (χ1n) is 14.2. The monoisotopic (exact) mass is 621 g/mol. The predicted octanol–water partition coefficient (Wildman–Crippen LogP) is 5.18. The van der Waals surface area contributed by atoms with Crippen molar-refractivity contribution in [2.45, 2.75) is 26.8 Å². The van der Waals surface area contributed by atoms with Gasteiger partial charge in [-0.1, -0.05) is 53.8 Å². The zero-order valence-corrected chi connectivity index (χ0v) is 25.5. The Bertz CT molecular complexity index is 2160. The molecule has 0 radical (unpaired) electrons. The van der Waals surface area contributed by atoms with Crippen LogP contribution in [0.15, 0.2) is 100 Å². The Morgan fingerprint density at radius 2 is 1.71 bits per heavy atom. The van der Waals surface area contributed by atoms with Crippen molar-refractivity contribution in [2.24, 2.45) is 4.99 Å². The van der Waals surface area contributed by atoms with Crippen LogP contribution in [0.3, 0.4) is 0 Å². The molecule has 0 aliphatic carbocycles. The molecule has 0 fully saturated rings. The van der Waals surface area contributed by atoms with E-state index in [0.29, 0.717) is 26.2 Å². The van der Waals surface area contributed by atoms with Gasteiger partial charge in [-0.2, -0.15) is 0 Å². The summed E-state index contributed by atoms with van der Waals surface area (Å²) in [7, 11) is 0. The Morgan fingerprint density at radius 3 is 2.36 bits per heavy atom. The third-order valence-corrected chi connectivity index (χ3v) is 8.67. The van der Waals surface area contributed by atoms with Crippen LogP contribution in [0.5, 0.6) is 0 Å². The van der Waals surface area contributed by atoms with E-state index >= 15 is 0 Å². The first kappa shape index (κ1) is 29.7. The molecule has 0 spiro atoms. The van der Waals surface area contributed by atoms with Crippen molar-refractivity contribution in [3.63, 3.8) is 0 Å². The third-order valence-electron chi connectivity index (χ3n) is 7.69. The minimum absolute atomic E-state index is 0.125. The molecule has 1 aliphatic rings. The summed E-state index contributed by atoms with van der Waals surface area (Å²) in [5, 5.41) is 9.28. The van der Waals surface area contributed by atoms with Gasteiger partial charge in [-0.15, -0.1) is 0 Å². The minimum atomic E-state index is -1.00. The highest BCUT2D eigenvalue weighted by Gasteiger charge is 2.35. The molecule has 2 aromatic heterocycles. The van der Waals surface area contributed by atoms with Crippen LogP contribution in [0.1, 0.15) is 51.4 Å². The number of carboxylic acid groups (broad SMARTS) is 1. The second-order valence-corrected chi connectivity index (χ2v) is 11.5. The van der Waals surface area contributed by atoms with E-state index in [1.165, 1.54) is 28.0 Å². The second kappa shape index (κ2) is 12.0. The number of nitrogens with zero attached hydrogens (tertiary/aromatic N) is 3. The van der Waals surface area contributed by atoms with Crippen molar-refractivity contribution in [3.8, 4) is 5.69 Å². The molecule has 1 atom stereocenters. The number of aromatic nitrogens is 2. The van der Waals surface area contributed by atoms with Gasteiger partial charge in [0.2, 0.25) is 0 Å². The van der Waals surface area contributed by atoms with E-state index in [4.69, 9.17) is 9.73 Å². The number of carboxylic acids is 1. The van der Waals surface area contributed by atoms with Crippen molar-refractivity contribution in [2.75, 3.05) is 6.61 Å². The first-order chi connectivity index (χ1) is 21.7. The highest BCUT2D eigenvalue weighted by Crippen LogP contribution is 2.35. The number of aromatic carboxylic acids is 1. The molecular weight excluding hydrogens is 593 g/mol. The molecule has 0 saturated heterocycles. The molecule has 6 rings (SSSR count). The van der Waals surface area contributed by atoms with Crippen molar-refractivity contribution in [3.05, 3.63) is 150 Å². The molecule has 45 heavy (non-hydrogen) atoms. The zero-order valence-electron chi connectivity index (χ0n) is 24.7. The molecule has 3 aromatic carbocycles. The van der Waals surface area contributed by atoms with Crippen LogP contribution >= 0.6 is 11.3 Å². The quantitative estimate of drug-likeness (QED) is 0.253. The van der Waals surface area contributed by atoms with Gasteiger partial charge in [0.05, 0.1) is 34.0 Å². The number of ether oxygens (including phenoxy) is 1. The van der Waals surface area contributed by atoms with Gasteiger partial charge < -0.3 is 14.4 Å². The summed E-state index contributed by atoms with van der Waals surface area (Å²) in [6, 6.07) is 22.6. The van der Waals surface area contributed by atoms with E-state index in [-0.39, 0.29) is 23.3 Å². The highest BCUT2D eigenvalue weighted by atomic mass is 32.1. The predicted molar refractivity (Wildman–Crippen MR) is 170 cm³/mol. The summed E-state index contributed by atoms with van der Waals surface area (Å²) in [4.78, 5) is 44.3. The van der Waals surface area contributed by atoms with Crippen molar-refractivity contribution < 1.29 is 23.8 Å². The van der Waals surface area contributed by atoms with Crippen LogP contribution in [0.4, 0.5) is 4.39 Å². The summed E-state index contributed by atoms with van der Waals surface area (Å²) >= 11 is 1.20. The largest absolute Gasteiger partial charge is 0.478 e. The van der Waals surface area contributed by atoms with Gasteiger partial charge in [0.1, 0.15) is 5.82 Å². The lowest BCUT2D eigenvalue weighted by Gasteiger charge is -2.25. The molecule has 3 heterocycles. The average molecular weight is 622 g/mol. The lowest BCUT2D eigenvalue weighted by atomic mass is 9.93. The standard InChI is InChI=1S/C35H28FN3O5S/c1-4-44-34(43)29-30(22-8-6-5-7-9-22)37-35-39(31(29)23-10-14-26(36)15-11-23)32(40)28(45-35)19-25-18-20(2)38(21(25)3)27-16-12-24(13-17-27)33(41)42/h5-19,31H,4H2,1-3H3,(H,41,42)/b28-19+/t31-/m1/s1. The number of carbonyl (C=O) groups excluding carboxylic acids is 1. The lowest BCUT2D eigenvalue weighted by Crippen LogP contribution is -2.40. The Morgan fingerprint density at radius 1 is 1.02 bits per heavy atom. The fourth-order valence-electron chi connectivity index (χ4n) is 5.63.